The summed E-state index contributed by atoms with van der Waals surface area (Å²) >= 11 is 0. The zero-order chi connectivity index (χ0) is 14.8. The molecule has 1 heterocycles. The third-order valence-corrected chi connectivity index (χ3v) is 3.91. The van der Waals surface area contributed by atoms with E-state index in [1.807, 2.05) is 0 Å². The summed E-state index contributed by atoms with van der Waals surface area (Å²) in [5, 5.41) is 0. The predicted octanol–water partition coefficient (Wildman–Crippen LogP) is 0.0662. The number of nitrogens with zero attached hydrogens (tertiary/aromatic N) is 2. The highest BCUT2D eigenvalue weighted by Crippen LogP contribution is 2.16. The molecule has 1 fully saturated rings. The Morgan fingerprint density at radius 1 is 1.32 bits per heavy atom. The highest BCUT2D eigenvalue weighted by Gasteiger charge is 2.35. The molecule has 110 valence electrons. The van der Waals surface area contributed by atoms with Gasteiger partial charge in [0, 0.05) is 19.6 Å². The third-order valence-electron chi connectivity index (χ3n) is 2.60. The molecule has 0 aromatic heterocycles. The van der Waals surface area contributed by atoms with E-state index in [4.69, 9.17) is 4.74 Å². The first-order valence-corrected chi connectivity index (χ1v) is 7.79. The summed E-state index contributed by atoms with van der Waals surface area (Å²) in [6.45, 7) is 5.57. The number of carbonyl (C=O) groups is 2. The van der Waals surface area contributed by atoms with E-state index in [1.54, 1.807) is 20.8 Å². The first-order valence-electron chi connectivity index (χ1n) is 5.94. The molecule has 0 N–H and O–H groups in total. The van der Waals surface area contributed by atoms with Crippen LogP contribution in [0, 0.1) is 0 Å². The van der Waals surface area contributed by atoms with Gasteiger partial charge in [-0.1, -0.05) is 0 Å². The fourth-order valence-electron chi connectivity index (χ4n) is 1.81. The monoisotopic (exact) mass is 292 g/mol. The summed E-state index contributed by atoms with van der Waals surface area (Å²) in [6, 6.07) is -0.851. The van der Waals surface area contributed by atoms with Crippen molar-refractivity contribution in [3.8, 4) is 0 Å². The van der Waals surface area contributed by atoms with Crippen LogP contribution in [-0.2, 0) is 19.6 Å². The first-order chi connectivity index (χ1) is 8.54. The smallest absolute Gasteiger partial charge is 0.410 e. The number of sulfonamides is 1. The molecule has 0 aliphatic carbocycles. The lowest BCUT2D eigenvalue weighted by atomic mass is 10.2. The molecule has 0 radical (unpaired) electrons. The number of carbonyl (C=O) groups excluding carboxylic acids is 2. The number of aldehydes is 1. The third kappa shape index (κ3) is 4.46. The topological polar surface area (TPSA) is 84.0 Å². The lowest BCUT2D eigenvalue weighted by Crippen LogP contribution is -2.57. The molecule has 1 aliphatic heterocycles. The highest BCUT2D eigenvalue weighted by molar-refractivity contribution is 7.88. The van der Waals surface area contributed by atoms with E-state index in [2.05, 4.69) is 0 Å². The standard InChI is InChI=1S/C11H20N2O5S/c1-11(2,3)18-10(15)12-5-6-13(19(4,16)17)9(7-12)8-14/h8-9H,5-7H2,1-4H3. The Morgan fingerprint density at radius 3 is 2.32 bits per heavy atom. The minimum Gasteiger partial charge on any atom is -0.444 e. The zero-order valence-corrected chi connectivity index (χ0v) is 12.4. The second-order valence-corrected chi connectivity index (χ2v) is 7.44. The van der Waals surface area contributed by atoms with Gasteiger partial charge in [-0.3, -0.25) is 0 Å². The van der Waals surface area contributed by atoms with Crippen LogP contribution < -0.4 is 0 Å². The molecule has 1 rings (SSSR count). The summed E-state index contributed by atoms with van der Waals surface area (Å²) in [5.74, 6) is 0. The maximum absolute atomic E-state index is 11.9. The summed E-state index contributed by atoms with van der Waals surface area (Å²) in [6.07, 6.45) is 1.05. The van der Waals surface area contributed by atoms with E-state index in [1.165, 1.54) is 4.90 Å². The number of rotatable bonds is 2. The normalized spacial score (nSPS) is 22.1. The van der Waals surface area contributed by atoms with Gasteiger partial charge in [0.2, 0.25) is 10.0 Å². The lowest BCUT2D eigenvalue weighted by molar-refractivity contribution is -0.112. The Balaban J connectivity index is 2.75. The predicted molar refractivity (Wildman–Crippen MR) is 69.2 cm³/mol. The van der Waals surface area contributed by atoms with Gasteiger partial charge < -0.3 is 14.4 Å². The van der Waals surface area contributed by atoms with Crippen LogP contribution >= 0.6 is 0 Å². The van der Waals surface area contributed by atoms with Crippen molar-refractivity contribution in [2.24, 2.45) is 0 Å². The van der Waals surface area contributed by atoms with Crippen LogP contribution in [0.4, 0.5) is 4.79 Å². The highest BCUT2D eigenvalue weighted by atomic mass is 32.2. The minimum absolute atomic E-state index is 0.0193. The molecular formula is C11H20N2O5S. The summed E-state index contributed by atoms with van der Waals surface area (Å²) < 4.78 is 29.3. The van der Waals surface area contributed by atoms with Gasteiger partial charge in [-0.05, 0) is 20.8 Å². The van der Waals surface area contributed by atoms with Crippen LogP contribution in [0.25, 0.3) is 0 Å². The van der Waals surface area contributed by atoms with Gasteiger partial charge in [0.1, 0.15) is 11.9 Å². The van der Waals surface area contributed by atoms with Crippen molar-refractivity contribution in [1.29, 1.82) is 0 Å². The van der Waals surface area contributed by atoms with Crippen molar-refractivity contribution in [3.63, 3.8) is 0 Å². The largest absolute Gasteiger partial charge is 0.444 e. The molecular weight excluding hydrogens is 272 g/mol. The van der Waals surface area contributed by atoms with Crippen LogP contribution in [0.5, 0.6) is 0 Å². The zero-order valence-electron chi connectivity index (χ0n) is 11.6. The molecule has 1 atom stereocenters. The van der Waals surface area contributed by atoms with Crippen LogP contribution in [0.1, 0.15) is 20.8 Å². The summed E-state index contributed by atoms with van der Waals surface area (Å²) in [7, 11) is -3.45. The van der Waals surface area contributed by atoms with E-state index >= 15 is 0 Å². The van der Waals surface area contributed by atoms with Gasteiger partial charge >= 0.3 is 6.09 Å². The molecule has 0 saturated carbocycles. The molecule has 0 aromatic rings. The lowest BCUT2D eigenvalue weighted by Gasteiger charge is -2.37. The van der Waals surface area contributed by atoms with Gasteiger partial charge in [0.05, 0.1) is 12.3 Å². The van der Waals surface area contributed by atoms with Crippen molar-refractivity contribution < 1.29 is 22.7 Å². The SMILES string of the molecule is CC(C)(C)OC(=O)N1CCN(S(C)(=O)=O)C(C=O)C1. The van der Waals surface area contributed by atoms with E-state index < -0.39 is 27.8 Å². The molecule has 1 saturated heterocycles. The van der Waals surface area contributed by atoms with Gasteiger partial charge in [-0.15, -0.1) is 0 Å². The Bertz CT molecular complexity index is 454. The van der Waals surface area contributed by atoms with Crippen molar-refractivity contribution >= 4 is 22.4 Å². The number of piperazine rings is 1. The molecule has 0 aromatic carbocycles. The van der Waals surface area contributed by atoms with Crippen LogP contribution in [-0.4, -0.2) is 67.5 Å². The Morgan fingerprint density at radius 2 is 1.89 bits per heavy atom. The second kappa shape index (κ2) is 5.46. The molecule has 0 bridgehead atoms. The maximum Gasteiger partial charge on any atom is 0.410 e. The Kier molecular flexibility index (Phi) is 4.57. The van der Waals surface area contributed by atoms with Crippen molar-refractivity contribution in [3.05, 3.63) is 0 Å². The average Bonchev–Trinajstić information content (AvgIpc) is 2.24. The van der Waals surface area contributed by atoms with Crippen LogP contribution in [0.2, 0.25) is 0 Å². The maximum atomic E-state index is 11.9. The van der Waals surface area contributed by atoms with Crippen molar-refractivity contribution in [2.45, 2.75) is 32.4 Å². The minimum atomic E-state index is -3.45. The van der Waals surface area contributed by atoms with Gasteiger partial charge in [0.25, 0.3) is 0 Å². The number of hydrogen-bond donors (Lipinski definition) is 0. The molecule has 1 aliphatic rings. The molecule has 8 heteroatoms. The Hall–Kier alpha value is -1.15. The van der Waals surface area contributed by atoms with Crippen molar-refractivity contribution in [2.75, 3.05) is 25.9 Å². The van der Waals surface area contributed by atoms with Crippen LogP contribution in [0.15, 0.2) is 0 Å². The van der Waals surface area contributed by atoms with Gasteiger partial charge in [0.15, 0.2) is 0 Å². The van der Waals surface area contributed by atoms with E-state index in [9.17, 15) is 18.0 Å². The molecule has 1 amide bonds. The number of ether oxygens (including phenoxy) is 1. The number of amides is 1. The van der Waals surface area contributed by atoms with Gasteiger partial charge in [-0.2, -0.15) is 4.31 Å². The number of hydrogen-bond acceptors (Lipinski definition) is 5. The summed E-state index contributed by atoms with van der Waals surface area (Å²) in [4.78, 5) is 24.2. The molecule has 19 heavy (non-hydrogen) atoms. The van der Waals surface area contributed by atoms with E-state index in [0.717, 1.165) is 10.6 Å². The van der Waals surface area contributed by atoms with Gasteiger partial charge in [-0.25, -0.2) is 13.2 Å². The molecule has 7 nitrogen and oxygen atoms in total. The Labute approximate surface area is 113 Å². The first kappa shape index (κ1) is 15.9. The average molecular weight is 292 g/mol. The summed E-state index contributed by atoms with van der Waals surface area (Å²) in [5.41, 5.74) is -0.623. The fraction of sp³-hybridized carbons (Fsp3) is 0.818. The van der Waals surface area contributed by atoms with E-state index in [0.29, 0.717) is 6.29 Å². The van der Waals surface area contributed by atoms with Crippen molar-refractivity contribution in [1.82, 2.24) is 9.21 Å². The van der Waals surface area contributed by atoms with E-state index in [-0.39, 0.29) is 19.6 Å². The quantitative estimate of drug-likeness (QED) is 0.672. The fourth-order valence-corrected chi connectivity index (χ4v) is 2.83. The molecule has 1 unspecified atom stereocenters. The molecule has 0 spiro atoms. The second-order valence-electron chi connectivity index (χ2n) is 5.50. The van der Waals surface area contributed by atoms with Crippen LogP contribution in [0.3, 0.4) is 0 Å².